The zero-order valence-corrected chi connectivity index (χ0v) is 37.2. The minimum Gasteiger partial charge on any atom is -0.455 e. The molecule has 0 aliphatic heterocycles. The number of nitrogens with zero attached hydrogens (tertiary/aromatic N) is 5. The summed E-state index contributed by atoms with van der Waals surface area (Å²) < 4.78 is 11.9. The molecule has 0 radical (unpaired) electrons. The van der Waals surface area contributed by atoms with Gasteiger partial charge >= 0.3 is 0 Å². The second kappa shape index (κ2) is 14.7. The van der Waals surface area contributed by atoms with Crippen molar-refractivity contribution >= 4 is 97.9 Å². The lowest BCUT2D eigenvalue weighted by molar-refractivity contribution is 0.648. The minimum atomic E-state index is 0.114. The van der Waals surface area contributed by atoms with Crippen LogP contribution in [0, 0.1) is 0 Å². The van der Waals surface area contributed by atoms with Gasteiger partial charge < -0.3 is 13.6 Å². The van der Waals surface area contributed by atoms with Crippen LogP contribution in [-0.4, -0.2) is 24.1 Å². The standard InChI is InChI=1S/C63H39N5O/c1-2-21-42(22-3-1)67-53-30-12-10-25-45(53)47-27-15-29-50(58(47)67)62-64-61(48-28-14-20-38-16-6-8-23-43(38)48)65-63(66-62)51-34-35-56-57(49-33-32-39-17-7-9-24-44(39)60(49)69-56)59(51)68-54-31-13-11-26-46(54)52-36-40-18-4-5-19-41(40)37-55(52)68/h1-21,23-37,42H,22H2. The van der Waals surface area contributed by atoms with E-state index in [2.05, 4.69) is 228 Å². The summed E-state index contributed by atoms with van der Waals surface area (Å²) in [6, 6.07) is 69.5. The van der Waals surface area contributed by atoms with Crippen LogP contribution in [0.2, 0.25) is 0 Å². The van der Waals surface area contributed by atoms with Crippen molar-refractivity contribution in [2.75, 3.05) is 0 Å². The lowest BCUT2D eigenvalue weighted by Crippen LogP contribution is -2.08. The van der Waals surface area contributed by atoms with Crippen LogP contribution < -0.4 is 0 Å². The third-order valence-corrected chi connectivity index (χ3v) is 14.4. The molecule has 0 fully saturated rings. The normalized spacial score (nSPS) is 14.1. The molecular weight excluding hydrogens is 843 g/mol. The number of hydrogen-bond acceptors (Lipinski definition) is 4. The maximum atomic E-state index is 6.99. The van der Waals surface area contributed by atoms with Crippen LogP contribution in [0.15, 0.2) is 223 Å². The highest BCUT2D eigenvalue weighted by molar-refractivity contribution is 6.21. The number of allylic oxidation sites excluding steroid dienone is 4. The van der Waals surface area contributed by atoms with E-state index in [1.54, 1.807) is 0 Å². The summed E-state index contributed by atoms with van der Waals surface area (Å²) in [5.74, 6) is 1.78. The van der Waals surface area contributed by atoms with Crippen molar-refractivity contribution in [2.24, 2.45) is 0 Å². The number of aromatic nitrogens is 5. The van der Waals surface area contributed by atoms with Gasteiger partial charge in [-0.15, -0.1) is 0 Å². The summed E-state index contributed by atoms with van der Waals surface area (Å²) in [6.45, 7) is 0. The molecule has 1 aliphatic carbocycles. The van der Waals surface area contributed by atoms with Crippen molar-refractivity contribution in [1.29, 1.82) is 0 Å². The Hall–Kier alpha value is -9.13. The molecule has 15 rings (SSSR count). The Morgan fingerprint density at radius 3 is 1.83 bits per heavy atom. The van der Waals surface area contributed by atoms with E-state index in [0.29, 0.717) is 17.5 Å². The summed E-state index contributed by atoms with van der Waals surface area (Å²) in [5, 5.41) is 13.5. The molecule has 14 aromatic rings. The summed E-state index contributed by atoms with van der Waals surface area (Å²) >= 11 is 0. The Kier molecular flexibility index (Phi) is 8.09. The summed E-state index contributed by atoms with van der Waals surface area (Å²) in [5.41, 5.74) is 9.81. The van der Waals surface area contributed by atoms with Gasteiger partial charge in [0.2, 0.25) is 0 Å². The SMILES string of the molecule is C1=CCC(n2c3ccccc3c3cccc(-c4nc(-c5ccc6oc7c8ccccc8ccc7c6c5-n5c6ccccc6c6cc7ccccc7cc65)nc(-c5cccc6ccccc56)n4)c32)C=C1. The first-order valence-electron chi connectivity index (χ1n) is 23.6. The molecule has 6 nitrogen and oxygen atoms in total. The zero-order valence-electron chi connectivity index (χ0n) is 37.2. The fourth-order valence-corrected chi connectivity index (χ4v) is 11.4. The minimum absolute atomic E-state index is 0.114. The van der Waals surface area contributed by atoms with Crippen molar-refractivity contribution in [2.45, 2.75) is 12.5 Å². The maximum Gasteiger partial charge on any atom is 0.166 e. The number of benzene rings is 10. The van der Waals surface area contributed by atoms with Crippen LogP contribution in [0.25, 0.3) is 138 Å². The van der Waals surface area contributed by atoms with Gasteiger partial charge in [-0.25, -0.2) is 15.0 Å². The van der Waals surface area contributed by atoms with E-state index in [9.17, 15) is 0 Å². The first-order chi connectivity index (χ1) is 34.2. The van der Waals surface area contributed by atoms with Crippen LogP contribution in [0.3, 0.4) is 0 Å². The van der Waals surface area contributed by atoms with Gasteiger partial charge in [-0.3, -0.25) is 0 Å². The summed E-state index contributed by atoms with van der Waals surface area (Å²) in [7, 11) is 0. The lowest BCUT2D eigenvalue weighted by atomic mass is 10.0. The highest BCUT2D eigenvalue weighted by Crippen LogP contribution is 2.46. The van der Waals surface area contributed by atoms with Crippen LogP contribution in [0.1, 0.15) is 12.5 Å². The Morgan fingerprint density at radius 2 is 1.03 bits per heavy atom. The third kappa shape index (κ3) is 5.63. The second-order valence-electron chi connectivity index (χ2n) is 18.2. The first kappa shape index (κ1) is 38.0. The Bertz CT molecular complexity index is 4540. The molecule has 1 aliphatic rings. The number of hydrogen-bond donors (Lipinski definition) is 0. The van der Waals surface area contributed by atoms with Gasteiger partial charge in [0.15, 0.2) is 17.5 Å². The highest BCUT2D eigenvalue weighted by Gasteiger charge is 2.27. The van der Waals surface area contributed by atoms with Crippen LogP contribution in [0.5, 0.6) is 0 Å². The Labute approximate surface area is 395 Å². The monoisotopic (exact) mass is 881 g/mol. The molecule has 0 saturated heterocycles. The fourth-order valence-electron chi connectivity index (χ4n) is 11.4. The number of furan rings is 1. The summed E-state index contributed by atoms with van der Waals surface area (Å²) in [6.07, 6.45) is 9.74. The molecule has 1 atom stereocenters. The molecule has 4 heterocycles. The number of rotatable bonds is 5. The van der Waals surface area contributed by atoms with Crippen molar-refractivity contribution in [3.63, 3.8) is 0 Å². The molecule has 4 aromatic heterocycles. The molecule has 0 spiro atoms. The number of para-hydroxylation sites is 3. The molecule has 69 heavy (non-hydrogen) atoms. The molecule has 10 aromatic carbocycles. The maximum absolute atomic E-state index is 6.99. The molecule has 0 saturated carbocycles. The van der Waals surface area contributed by atoms with E-state index in [-0.39, 0.29) is 6.04 Å². The first-order valence-corrected chi connectivity index (χ1v) is 23.6. The Morgan fingerprint density at radius 1 is 0.420 bits per heavy atom. The zero-order chi connectivity index (χ0) is 45.2. The van der Waals surface area contributed by atoms with Crippen molar-refractivity contribution in [3.8, 4) is 39.9 Å². The Balaban J connectivity index is 1.10. The van der Waals surface area contributed by atoms with E-state index in [1.165, 1.54) is 32.4 Å². The molecule has 322 valence electrons. The predicted molar refractivity (Wildman–Crippen MR) is 285 cm³/mol. The number of fused-ring (bicyclic) bond motifs is 13. The average molecular weight is 882 g/mol. The topological polar surface area (TPSA) is 61.7 Å². The van der Waals surface area contributed by atoms with E-state index in [4.69, 9.17) is 19.4 Å². The highest BCUT2D eigenvalue weighted by atomic mass is 16.3. The van der Waals surface area contributed by atoms with Gasteiger partial charge in [0.25, 0.3) is 0 Å². The van der Waals surface area contributed by atoms with Gasteiger partial charge in [-0.1, -0.05) is 170 Å². The van der Waals surface area contributed by atoms with Crippen LogP contribution in [0.4, 0.5) is 0 Å². The van der Waals surface area contributed by atoms with Gasteiger partial charge in [0.05, 0.1) is 33.7 Å². The van der Waals surface area contributed by atoms with E-state index < -0.39 is 0 Å². The van der Waals surface area contributed by atoms with Crippen LogP contribution >= 0.6 is 0 Å². The third-order valence-electron chi connectivity index (χ3n) is 14.4. The predicted octanol–water partition coefficient (Wildman–Crippen LogP) is 16.5. The van der Waals surface area contributed by atoms with Crippen LogP contribution in [-0.2, 0) is 0 Å². The van der Waals surface area contributed by atoms with Crippen molar-refractivity contribution < 1.29 is 4.42 Å². The molecule has 6 heteroatoms. The smallest absolute Gasteiger partial charge is 0.166 e. The molecule has 0 bridgehead atoms. The lowest BCUT2D eigenvalue weighted by Gasteiger charge is -2.20. The second-order valence-corrected chi connectivity index (χ2v) is 18.2. The summed E-state index contributed by atoms with van der Waals surface area (Å²) in [4.78, 5) is 16.8. The van der Waals surface area contributed by atoms with Crippen molar-refractivity contribution in [1.82, 2.24) is 24.1 Å². The van der Waals surface area contributed by atoms with E-state index >= 15 is 0 Å². The fraction of sp³-hybridized carbons (Fsp3) is 0.0317. The van der Waals surface area contributed by atoms with Gasteiger partial charge in [-0.05, 0) is 81.9 Å². The molecule has 0 amide bonds. The molecule has 1 unspecified atom stereocenters. The molecular formula is C63H39N5O. The van der Waals surface area contributed by atoms with Gasteiger partial charge in [0.1, 0.15) is 11.2 Å². The van der Waals surface area contributed by atoms with Gasteiger partial charge in [-0.2, -0.15) is 0 Å². The quantitative estimate of drug-likeness (QED) is 0.173. The van der Waals surface area contributed by atoms with Gasteiger partial charge in [0, 0.05) is 54.5 Å². The van der Waals surface area contributed by atoms with E-state index in [1.807, 2.05) is 0 Å². The molecule has 0 N–H and O–H groups in total. The van der Waals surface area contributed by atoms with E-state index in [0.717, 1.165) is 94.2 Å². The average Bonchev–Trinajstić information content (AvgIpc) is 4.08. The largest absolute Gasteiger partial charge is 0.455 e. The van der Waals surface area contributed by atoms with Crippen molar-refractivity contribution in [3.05, 3.63) is 218 Å².